The highest BCUT2D eigenvalue weighted by molar-refractivity contribution is 7.17. The van der Waals surface area contributed by atoms with Crippen molar-refractivity contribution in [3.63, 3.8) is 0 Å². The number of hydrogen-bond donors (Lipinski definition) is 1. The Bertz CT molecular complexity index is 940. The van der Waals surface area contributed by atoms with Crippen molar-refractivity contribution >= 4 is 40.5 Å². The molecule has 132 valence electrons. The minimum atomic E-state index is -0.599. The molecule has 0 saturated carbocycles. The number of benzene rings is 2. The van der Waals surface area contributed by atoms with Gasteiger partial charge in [0.25, 0.3) is 5.91 Å². The molecule has 0 radical (unpaired) electrons. The lowest BCUT2D eigenvalue weighted by Crippen LogP contribution is -2.20. The molecule has 1 aromatic heterocycles. The van der Waals surface area contributed by atoms with Crippen molar-refractivity contribution < 1.29 is 18.7 Å². The number of thiophene rings is 1. The van der Waals surface area contributed by atoms with E-state index in [0.29, 0.717) is 15.6 Å². The molecule has 26 heavy (non-hydrogen) atoms. The van der Waals surface area contributed by atoms with Crippen molar-refractivity contribution in [2.45, 2.75) is 0 Å². The maximum Gasteiger partial charge on any atom is 0.348 e. The smallest absolute Gasteiger partial charge is 0.348 e. The number of halogens is 2. The van der Waals surface area contributed by atoms with E-state index < -0.39 is 18.5 Å². The van der Waals surface area contributed by atoms with Crippen LogP contribution in [0, 0.1) is 5.82 Å². The number of carbonyl (C=O) groups excluding carboxylic acids is 2. The maximum atomic E-state index is 13.0. The second-order valence-electron chi connectivity index (χ2n) is 5.27. The number of amides is 1. The number of nitrogens with one attached hydrogen (secondary N) is 1. The van der Waals surface area contributed by atoms with E-state index in [1.165, 1.54) is 23.5 Å². The molecular formula is C19H13ClFNO3S. The van der Waals surface area contributed by atoms with Gasteiger partial charge in [0.2, 0.25) is 0 Å². The molecule has 2 aromatic carbocycles. The molecule has 3 rings (SSSR count). The van der Waals surface area contributed by atoms with Crippen LogP contribution in [0.2, 0.25) is 5.02 Å². The Labute approximate surface area is 158 Å². The van der Waals surface area contributed by atoms with Crippen LogP contribution >= 0.6 is 22.9 Å². The van der Waals surface area contributed by atoms with E-state index in [1.54, 1.807) is 48.5 Å². The van der Waals surface area contributed by atoms with Crippen molar-refractivity contribution in [2.75, 3.05) is 11.9 Å². The van der Waals surface area contributed by atoms with Gasteiger partial charge >= 0.3 is 5.97 Å². The molecule has 7 heteroatoms. The molecule has 0 fully saturated rings. The number of carbonyl (C=O) groups is 2. The van der Waals surface area contributed by atoms with E-state index in [2.05, 4.69) is 5.32 Å². The minimum Gasteiger partial charge on any atom is -0.451 e. The number of rotatable bonds is 5. The van der Waals surface area contributed by atoms with E-state index >= 15 is 0 Å². The minimum absolute atomic E-state index is 0.325. The Morgan fingerprint density at radius 3 is 2.50 bits per heavy atom. The predicted octanol–water partition coefficient (Wildman–Crippen LogP) is 5.00. The average molecular weight is 390 g/mol. The second kappa shape index (κ2) is 8.12. The third-order valence-corrected chi connectivity index (χ3v) is 4.86. The maximum absolute atomic E-state index is 13.0. The van der Waals surface area contributed by atoms with Crippen molar-refractivity contribution in [1.82, 2.24) is 0 Å². The van der Waals surface area contributed by atoms with Gasteiger partial charge in [0.15, 0.2) is 6.61 Å². The van der Waals surface area contributed by atoms with Crippen molar-refractivity contribution in [1.29, 1.82) is 0 Å². The number of hydrogen-bond acceptors (Lipinski definition) is 4. The number of anilines is 1. The van der Waals surface area contributed by atoms with Crippen molar-refractivity contribution in [2.24, 2.45) is 0 Å². The topological polar surface area (TPSA) is 55.4 Å². The first-order valence-corrected chi connectivity index (χ1v) is 8.79. The van der Waals surface area contributed by atoms with Gasteiger partial charge in [-0.05, 0) is 42.0 Å². The molecule has 0 bridgehead atoms. The molecule has 1 heterocycles. The summed E-state index contributed by atoms with van der Waals surface area (Å²) in [5, 5.41) is 2.97. The van der Waals surface area contributed by atoms with Crippen molar-refractivity contribution in [3.05, 3.63) is 76.4 Å². The van der Waals surface area contributed by atoms with Crippen LogP contribution in [0.3, 0.4) is 0 Å². The molecule has 1 amide bonds. The molecule has 4 nitrogen and oxygen atoms in total. The molecule has 0 aliphatic carbocycles. The third kappa shape index (κ3) is 4.47. The number of ether oxygens (including phenoxy) is 1. The van der Waals surface area contributed by atoms with Crippen LogP contribution in [0.4, 0.5) is 10.1 Å². The fraction of sp³-hybridized carbons (Fsp3) is 0.0526. The highest BCUT2D eigenvalue weighted by Crippen LogP contribution is 2.28. The predicted molar refractivity (Wildman–Crippen MR) is 100 cm³/mol. The summed E-state index contributed by atoms with van der Waals surface area (Å²) in [5.41, 5.74) is 1.25. The van der Waals surface area contributed by atoms with Gasteiger partial charge in [-0.3, -0.25) is 4.79 Å². The molecule has 0 spiro atoms. The summed E-state index contributed by atoms with van der Waals surface area (Å²) in [6, 6.07) is 16.1. The summed E-state index contributed by atoms with van der Waals surface area (Å²) in [7, 11) is 0. The lowest BCUT2D eigenvalue weighted by atomic mass is 10.2. The van der Waals surface area contributed by atoms with Gasteiger partial charge in [0.1, 0.15) is 10.7 Å². The number of esters is 1. The van der Waals surface area contributed by atoms with Gasteiger partial charge < -0.3 is 10.1 Å². The summed E-state index contributed by atoms with van der Waals surface area (Å²) in [6.07, 6.45) is 0. The largest absolute Gasteiger partial charge is 0.451 e. The van der Waals surface area contributed by atoms with Gasteiger partial charge in [0, 0.05) is 4.88 Å². The standard InChI is InChI=1S/C19H13ClFNO3S/c20-14-3-1-2-4-15(14)22-18(23)11-25-19(24)17-10-9-16(26-17)12-5-7-13(21)8-6-12/h1-10H,11H2,(H,22,23). The van der Waals surface area contributed by atoms with Gasteiger partial charge in [-0.25, -0.2) is 9.18 Å². The van der Waals surface area contributed by atoms with E-state index in [9.17, 15) is 14.0 Å². The summed E-state index contributed by atoms with van der Waals surface area (Å²) in [4.78, 5) is 25.1. The Balaban J connectivity index is 1.58. The van der Waals surface area contributed by atoms with Crippen LogP contribution in [-0.4, -0.2) is 18.5 Å². The van der Waals surface area contributed by atoms with Crippen LogP contribution in [0.1, 0.15) is 9.67 Å². The van der Waals surface area contributed by atoms with Crippen LogP contribution in [0.15, 0.2) is 60.7 Å². The van der Waals surface area contributed by atoms with E-state index in [1.807, 2.05) is 0 Å². The zero-order valence-corrected chi connectivity index (χ0v) is 14.9. The van der Waals surface area contributed by atoms with Crippen LogP contribution in [0.5, 0.6) is 0 Å². The van der Waals surface area contributed by atoms with Gasteiger partial charge in [-0.1, -0.05) is 35.9 Å². The summed E-state index contributed by atoms with van der Waals surface area (Å²) in [5.74, 6) is -1.41. The lowest BCUT2D eigenvalue weighted by molar-refractivity contribution is -0.119. The molecule has 3 aromatic rings. The van der Waals surface area contributed by atoms with Crippen molar-refractivity contribution in [3.8, 4) is 10.4 Å². The molecule has 0 aliphatic heterocycles. The van der Waals surface area contributed by atoms with Crippen LogP contribution in [0.25, 0.3) is 10.4 Å². The first kappa shape index (κ1) is 18.1. The molecule has 0 saturated heterocycles. The Hall–Kier alpha value is -2.70. The van der Waals surface area contributed by atoms with Gasteiger partial charge in [-0.15, -0.1) is 11.3 Å². The summed E-state index contributed by atoms with van der Waals surface area (Å²) >= 11 is 7.16. The normalized spacial score (nSPS) is 10.4. The first-order chi connectivity index (χ1) is 12.5. The second-order valence-corrected chi connectivity index (χ2v) is 6.77. The lowest BCUT2D eigenvalue weighted by Gasteiger charge is -2.07. The highest BCUT2D eigenvalue weighted by Gasteiger charge is 2.14. The Kier molecular flexibility index (Phi) is 5.65. The Morgan fingerprint density at radius 2 is 1.77 bits per heavy atom. The summed E-state index contributed by atoms with van der Waals surface area (Å²) < 4.78 is 18.0. The SMILES string of the molecule is O=C(COC(=O)c1ccc(-c2ccc(F)cc2)s1)Nc1ccccc1Cl. The monoisotopic (exact) mass is 389 g/mol. The number of para-hydroxylation sites is 1. The fourth-order valence-corrected chi connectivity index (χ4v) is 3.26. The summed E-state index contributed by atoms with van der Waals surface area (Å²) in [6.45, 7) is -0.423. The molecule has 0 atom stereocenters. The third-order valence-electron chi connectivity index (χ3n) is 3.42. The quantitative estimate of drug-likeness (QED) is 0.624. The van der Waals surface area contributed by atoms with Gasteiger partial charge in [-0.2, -0.15) is 0 Å². The first-order valence-electron chi connectivity index (χ1n) is 7.60. The molecule has 0 unspecified atom stereocenters. The zero-order chi connectivity index (χ0) is 18.5. The fourth-order valence-electron chi connectivity index (χ4n) is 2.17. The van der Waals surface area contributed by atoms with Crippen LogP contribution in [-0.2, 0) is 9.53 Å². The molecule has 0 aliphatic rings. The Morgan fingerprint density at radius 1 is 1.04 bits per heavy atom. The van der Waals surface area contributed by atoms with E-state index in [4.69, 9.17) is 16.3 Å². The molecular weight excluding hydrogens is 377 g/mol. The van der Waals surface area contributed by atoms with Gasteiger partial charge in [0.05, 0.1) is 10.7 Å². The average Bonchev–Trinajstić information content (AvgIpc) is 3.12. The van der Waals surface area contributed by atoms with E-state index in [-0.39, 0.29) is 5.82 Å². The zero-order valence-electron chi connectivity index (χ0n) is 13.4. The van der Waals surface area contributed by atoms with Crippen LogP contribution < -0.4 is 5.32 Å². The van der Waals surface area contributed by atoms with E-state index in [0.717, 1.165) is 10.4 Å². The molecule has 1 N–H and O–H groups in total. The highest BCUT2D eigenvalue weighted by atomic mass is 35.5.